The van der Waals surface area contributed by atoms with Crippen LogP contribution in [-0.2, 0) is 15.6 Å². The molecule has 0 spiro atoms. The number of hydrogen-bond acceptors (Lipinski definition) is 0. The molecule has 0 N–H and O–H groups in total. The predicted molar refractivity (Wildman–Crippen MR) is 195 cm³/mol. The van der Waals surface area contributed by atoms with Crippen LogP contribution in [0.3, 0.4) is 0 Å². The molecule has 0 nitrogen and oxygen atoms in total. The molecule has 4 aromatic carbocycles. The van der Waals surface area contributed by atoms with E-state index in [2.05, 4.69) is 140 Å². The number of aryl methyl sites for hydroxylation is 2. The Morgan fingerprint density at radius 3 is 1.30 bits per heavy atom. The average molecular weight is 716 g/mol. The summed E-state index contributed by atoms with van der Waals surface area (Å²) in [6, 6.07) is 27.1. The number of allylic oxidation sites excluding steroid dienone is 2. The van der Waals surface area contributed by atoms with Crippen molar-refractivity contribution >= 4 is 35.1 Å². The third-order valence-electron chi connectivity index (χ3n) is 11.1. The van der Waals surface area contributed by atoms with Gasteiger partial charge in [0.1, 0.15) is 0 Å². The second-order valence-corrected chi connectivity index (χ2v) is 56.0. The SMILES string of the molecule is CCC1=Cc2c(-c3cccc(C)c3C)cccc2[CH]1[Zr]([Cl])([Cl])([CH]1C(CC)=Cc2c(-c3cccc(C)c3C)cccc21)[SiH](C)C. The molecule has 0 heterocycles. The third kappa shape index (κ3) is 4.69. The van der Waals surface area contributed by atoms with E-state index in [-0.39, 0.29) is 7.25 Å². The summed E-state index contributed by atoms with van der Waals surface area (Å²) in [5, 5.41) is 0. The predicted octanol–water partition coefficient (Wildman–Crippen LogP) is 12.6. The molecule has 0 radical (unpaired) electrons. The van der Waals surface area contributed by atoms with Gasteiger partial charge >= 0.3 is 276 Å². The van der Waals surface area contributed by atoms with Crippen LogP contribution in [0.1, 0.15) is 78.4 Å². The van der Waals surface area contributed by atoms with E-state index < -0.39 is 21.5 Å². The minimum atomic E-state index is -4.77. The number of halogens is 2. The summed E-state index contributed by atoms with van der Waals surface area (Å²) in [5.41, 5.74) is 18.9. The first-order chi connectivity index (χ1) is 20.9. The molecule has 6 rings (SSSR count). The molecule has 0 aliphatic heterocycles. The molecule has 44 heavy (non-hydrogen) atoms. The molecular formula is C40H45Cl2SiZr. The van der Waals surface area contributed by atoms with Crippen molar-refractivity contribution in [3.05, 3.63) is 128 Å². The molecule has 0 aromatic heterocycles. The van der Waals surface area contributed by atoms with Gasteiger partial charge in [-0.15, -0.1) is 0 Å². The molecule has 2 aliphatic carbocycles. The summed E-state index contributed by atoms with van der Waals surface area (Å²) in [5.74, 6) is -1.60. The standard InChI is InChI=1S/2C19H19.C2H7Si.2ClH.Zr/c2*1-4-15-11-16-8-6-10-18(19(16)12-15)17-9-5-7-13(2)14(17)3;1-3-2;;;/h2*5-12H,4H2,1-3H3;3H,1-2H3;2*1H;/q;;;;;+2/p-2. The van der Waals surface area contributed by atoms with Gasteiger partial charge in [0, 0.05) is 0 Å². The van der Waals surface area contributed by atoms with Gasteiger partial charge in [0.15, 0.2) is 0 Å². The summed E-state index contributed by atoms with van der Waals surface area (Å²) >= 11 is -4.77. The molecule has 227 valence electrons. The van der Waals surface area contributed by atoms with Crippen LogP contribution in [0, 0.1) is 27.7 Å². The molecule has 0 amide bonds. The molecule has 2 unspecified atom stereocenters. The Morgan fingerprint density at radius 1 is 0.568 bits per heavy atom. The maximum atomic E-state index is 8.61. The van der Waals surface area contributed by atoms with E-state index in [1.54, 1.807) is 0 Å². The van der Waals surface area contributed by atoms with Gasteiger partial charge in [-0.25, -0.2) is 0 Å². The quantitative estimate of drug-likeness (QED) is 0.167. The molecule has 2 atom stereocenters. The van der Waals surface area contributed by atoms with Crippen molar-refractivity contribution < 1.29 is 15.6 Å². The Morgan fingerprint density at radius 2 is 0.932 bits per heavy atom. The molecule has 4 heteroatoms. The van der Waals surface area contributed by atoms with Crippen LogP contribution in [0.5, 0.6) is 0 Å². The van der Waals surface area contributed by atoms with Gasteiger partial charge in [-0.3, -0.25) is 0 Å². The van der Waals surface area contributed by atoms with Crippen molar-refractivity contribution in [3.63, 3.8) is 0 Å². The topological polar surface area (TPSA) is 0 Å². The van der Waals surface area contributed by atoms with E-state index in [4.69, 9.17) is 17.0 Å². The van der Waals surface area contributed by atoms with Crippen molar-refractivity contribution in [2.24, 2.45) is 0 Å². The molecule has 0 bridgehead atoms. The van der Waals surface area contributed by atoms with Crippen molar-refractivity contribution in [1.29, 1.82) is 0 Å². The Kier molecular flexibility index (Phi) is 8.50. The van der Waals surface area contributed by atoms with Crippen LogP contribution in [0.25, 0.3) is 34.4 Å². The second-order valence-electron chi connectivity index (χ2n) is 13.5. The van der Waals surface area contributed by atoms with E-state index >= 15 is 0 Å². The number of fused-ring (bicyclic) bond motifs is 2. The van der Waals surface area contributed by atoms with Gasteiger partial charge in [0.2, 0.25) is 0 Å². The minimum absolute atomic E-state index is 0.117. The summed E-state index contributed by atoms with van der Waals surface area (Å²) in [7, 11) is 17.2. The fraction of sp³-hybridized carbons (Fsp3) is 0.300. The van der Waals surface area contributed by atoms with Crippen molar-refractivity contribution in [1.82, 2.24) is 0 Å². The Labute approximate surface area is 274 Å². The van der Waals surface area contributed by atoms with E-state index in [0.29, 0.717) is 0 Å². The van der Waals surface area contributed by atoms with Crippen molar-refractivity contribution in [2.75, 3.05) is 0 Å². The first-order valence-electron chi connectivity index (χ1n) is 16.3. The Hall–Kier alpha value is -1.96. The van der Waals surface area contributed by atoms with Gasteiger partial charge in [0.05, 0.1) is 0 Å². The summed E-state index contributed by atoms with van der Waals surface area (Å²) < 4.78 is 0.235. The van der Waals surface area contributed by atoms with Crippen LogP contribution in [0.2, 0.25) is 13.1 Å². The number of benzene rings is 4. The average Bonchev–Trinajstić information content (AvgIpc) is 3.60. The van der Waals surface area contributed by atoms with Crippen molar-refractivity contribution in [3.8, 4) is 22.3 Å². The maximum absolute atomic E-state index is 8.61. The summed E-state index contributed by atoms with van der Waals surface area (Å²) in [4.78, 5) is 0. The van der Waals surface area contributed by atoms with Gasteiger partial charge in [-0.05, 0) is 0 Å². The van der Waals surface area contributed by atoms with Crippen LogP contribution in [0.15, 0.2) is 83.9 Å². The molecule has 0 saturated carbocycles. The van der Waals surface area contributed by atoms with Gasteiger partial charge < -0.3 is 0 Å². The zero-order valence-electron chi connectivity index (χ0n) is 27.5. The van der Waals surface area contributed by atoms with E-state index in [9.17, 15) is 0 Å². The second kappa shape index (κ2) is 11.7. The molecule has 0 fully saturated rings. The number of rotatable bonds is 7. The zero-order chi connectivity index (χ0) is 31.6. The first-order valence-corrected chi connectivity index (χ1v) is 32.6. The summed E-state index contributed by atoms with van der Waals surface area (Å²) in [6.45, 7) is 18.4. The fourth-order valence-electron chi connectivity index (χ4n) is 8.23. The van der Waals surface area contributed by atoms with Gasteiger partial charge in [0.25, 0.3) is 0 Å². The fourth-order valence-corrected chi connectivity index (χ4v) is 40.0. The first kappa shape index (κ1) is 32.0. The van der Waals surface area contributed by atoms with Crippen LogP contribution >= 0.6 is 17.0 Å². The van der Waals surface area contributed by atoms with Crippen molar-refractivity contribution in [2.45, 2.75) is 74.7 Å². The van der Waals surface area contributed by atoms with Crippen LogP contribution in [-0.4, -0.2) is 5.92 Å². The normalized spacial score (nSPS) is 18.5. The Bertz CT molecular complexity index is 1730. The van der Waals surface area contributed by atoms with E-state index in [1.807, 2.05) is 0 Å². The van der Waals surface area contributed by atoms with E-state index in [0.717, 1.165) is 12.8 Å². The third-order valence-corrected chi connectivity index (χ3v) is 63.0. The van der Waals surface area contributed by atoms with Gasteiger partial charge in [-0.1, -0.05) is 0 Å². The molecule has 4 aromatic rings. The molecule has 0 saturated heterocycles. The van der Waals surface area contributed by atoms with E-state index in [1.165, 1.54) is 77.9 Å². The monoisotopic (exact) mass is 713 g/mol. The summed E-state index contributed by atoms with van der Waals surface area (Å²) in [6.07, 6.45) is 6.87. The number of hydrogen-bond donors (Lipinski definition) is 0. The van der Waals surface area contributed by atoms with Crippen LogP contribution < -0.4 is 0 Å². The molecule has 2 aliphatic rings. The van der Waals surface area contributed by atoms with Gasteiger partial charge in [-0.2, -0.15) is 0 Å². The van der Waals surface area contributed by atoms with Crippen LogP contribution in [0.4, 0.5) is 0 Å². The Balaban J connectivity index is 1.60. The molecular weight excluding hydrogens is 671 g/mol. The zero-order valence-corrected chi connectivity index (χ0v) is 32.6.